The van der Waals surface area contributed by atoms with Gasteiger partial charge in [0.1, 0.15) is 0 Å². The van der Waals surface area contributed by atoms with Gasteiger partial charge in [-0.3, -0.25) is 14.8 Å². The second-order valence-electron chi connectivity index (χ2n) is 7.53. The van der Waals surface area contributed by atoms with Gasteiger partial charge in [0.25, 0.3) is 0 Å². The van der Waals surface area contributed by atoms with Crippen molar-refractivity contribution in [3.63, 3.8) is 0 Å². The number of hydrogen-bond donors (Lipinski definition) is 1. The van der Waals surface area contributed by atoms with E-state index in [4.69, 9.17) is 4.74 Å². The van der Waals surface area contributed by atoms with Gasteiger partial charge >= 0.3 is 0 Å². The molecule has 1 unspecified atom stereocenters. The first-order chi connectivity index (χ1) is 12.1. The molecule has 1 atom stereocenters. The number of rotatable bonds is 5. The number of H-pyrrole nitrogens is 1. The Bertz CT molecular complexity index is 572. The third-order valence-electron chi connectivity index (χ3n) is 6.13. The molecule has 2 aliphatic rings. The fraction of sp³-hybridized carbons (Fsp3) is 0.789. The monoisotopic (exact) mass is 348 g/mol. The van der Waals surface area contributed by atoms with E-state index in [2.05, 4.69) is 33.8 Å². The molecule has 3 heterocycles. The highest BCUT2D eigenvalue weighted by molar-refractivity contribution is 5.76. The predicted molar refractivity (Wildman–Crippen MR) is 97.5 cm³/mol. The lowest BCUT2D eigenvalue weighted by molar-refractivity contribution is -0.133. The topological polar surface area (TPSA) is 61.5 Å². The molecule has 0 spiro atoms. The lowest BCUT2D eigenvalue weighted by atomic mass is 9.89. The summed E-state index contributed by atoms with van der Waals surface area (Å²) in [5, 5.41) is 7.31. The van der Waals surface area contributed by atoms with Gasteiger partial charge < -0.3 is 9.64 Å². The number of aromatic amines is 1. The van der Waals surface area contributed by atoms with Crippen molar-refractivity contribution in [1.29, 1.82) is 0 Å². The molecule has 1 aromatic heterocycles. The van der Waals surface area contributed by atoms with Crippen LogP contribution in [0.15, 0.2) is 0 Å². The van der Waals surface area contributed by atoms with Gasteiger partial charge in [0.2, 0.25) is 5.91 Å². The number of likely N-dealkylation sites (tertiary alicyclic amines) is 1. The molecule has 1 N–H and O–H groups in total. The zero-order valence-corrected chi connectivity index (χ0v) is 15.9. The summed E-state index contributed by atoms with van der Waals surface area (Å²) in [4.78, 5) is 17.1. The van der Waals surface area contributed by atoms with Crippen LogP contribution in [-0.2, 0) is 16.0 Å². The summed E-state index contributed by atoms with van der Waals surface area (Å²) >= 11 is 0. The Morgan fingerprint density at radius 1 is 1.24 bits per heavy atom. The summed E-state index contributed by atoms with van der Waals surface area (Å²) in [6.07, 6.45) is 3.53. The van der Waals surface area contributed by atoms with Crippen LogP contribution in [0.1, 0.15) is 43.1 Å². The Morgan fingerprint density at radius 3 is 2.52 bits per heavy atom. The van der Waals surface area contributed by atoms with Crippen molar-refractivity contribution in [2.75, 3.05) is 39.4 Å². The summed E-state index contributed by atoms with van der Waals surface area (Å²) in [5.74, 6) is 0.968. The SMILES string of the molecule is Cc1[nH]nc(CCC(=O)N2CCC(C(C)N3CCOCC3)CC2)c1C. The number of nitrogens with zero attached hydrogens (tertiary/aromatic N) is 3. The molecule has 140 valence electrons. The average molecular weight is 348 g/mol. The summed E-state index contributed by atoms with van der Waals surface area (Å²) in [6.45, 7) is 12.0. The van der Waals surface area contributed by atoms with E-state index in [1.165, 1.54) is 5.56 Å². The van der Waals surface area contributed by atoms with E-state index in [0.717, 1.165) is 70.0 Å². The zero-order chi connectivity index (χ0) is 17.8. The van der Waals surface area contributed by atoms with Gasteiger partial charge in [-0.25, -0.2) is 0 Å². The molecule has 0 bridgehead atoms. The second kappa shape index (κ2) is 8.32. The summed E-state index contributed by atoms with van der Waals surface area (Å²) in [7, 11) is 0. The van der Waals surface area contributed by atoms with E-state index in [1.807, 2.05) is 6.92 Å². The molecular weight excluding hydrogens is 316 g/mol. The van der Waals surface area contributed by atoms with Crippen molar-refractivity contribution >= 4 is 5.91 Å². The largest absolute Gasteiger partial charge is 0.379 e. The van der Waals surface area contributed by atoms with Crippen LogP contribution in [0.4, 0.5) is 0 Å². The van der Waals surface area contributed by atoms with Crippen LogP contribution in [-0.4, -0.2) is 71.3 Å². The number of carbonyl (C=O) groups excluding carboxylic acids is 1. The summed E-state index contributed by atoms with van der Waals surface area (Å²) in [6, 6.07) is 0.593. The highest BCUT2D eigenvalue weighted by Crippen LogP contribution is 2.25. The first kappa shape index (κ1) is 18.4. The molecule has 0 aliphatic carbocycles. The molecular formula is C19H32N4O2. The first-order valence-corrected chi connectivity index (χ1v) is 9.66. The number of amides is 1. The first-order valence-electron chi connectivity index (χ1n) is 9.66. The Morgan fingerprint density at radius 2 is 1.92 bits per heavy atom. The van der Waals surface area contributed by atoms with Gasteiger partial charge in [0, 0.05) is 50.8 Å². The maximum absolute atomic E-state index is 12.5. The van der Waals surface area contributed by atoms with E-state index < -0.39 is 0 Å². The molecule has 25 heavy (non-hydrogen) atoms. The van der Waals surface area contributed by atoms with Crippen molar-refractivity contribution in [2.24, 2.45) is 5.92 Å². The standard InChI is InChI=1S/C19H32N4O2/c1-14-15(2)20-21-18(14)4-5-19(24)23-8-6-17(7-9-23)16(3)22-10-12-25-13-11-22/h16-17H,4-13H2,1-3H3,(H,20,21). The molecule has 1 amide bonds. The number of aromatic nitrogens is 2. The Hall–Kier alpha value is -1.40. The minimum Gasteiger partial charge on any atom is -0.379 e. The lowest BCUT2D eigenvalue weighted by Gasteiger charge is -2.41. The van der Waals surface area contributed by atoms with Gasteiger partial charge in [-0.2, -0.15) is 5.10 Å². The third-order valence-corrected chi connectivity index (χ3v) is 6.13. The van der Waals surface area contributed by atoms with Crippen LogP contribution >= 0.6 is 0 Å². The van der Waals surface area contributed by atoms with Crippen molar-refractivity contribution < 1.29 is 9.53 Å². The molecule has 0 saturated carbocycles. The number of nitrogens with one attached hydrogen (secondary N) is 1. The maximum atomic E-state index is 12.5. The highest BCUT2D eigenvalue weighted by atomic mass is 16.5. The van der Waals surface area contributed by atoms with Gasteiger partial charge in [-0.15, -0.1) is 0 Å². The Balaban J connectivity index is 1.43. The van der Waals surface area contributed by atoms with Crippen LogP contribution in [0.3, 0.4) is 0 Å². The zero-order valence-electron chi connectivity index (χ0n) is 15.9. The minimum atomic E-state index is 0.275. The van der Waals surface area contributed by atoms with Crippen molar-refractivity contribution in [3.05, 3.63) is 17.0 Å². The molecule has 0 aromatic carbocycles. The average Bonchev–Trinajstić information content (AvgIpc) is 2.98. The minimum absolute atomic E-state index is 0.275. The predicted octanol–water partition coefficient (Wildman–Crippen LogP) is 1.92. The van der Waals surface area contributed by atoms with Crippen molar-refractivity contribution in [1.82, 2.24) is 20.0 Å². The van der Waals surface area contributed by atoms with Crippen molar-refractivity contribution in [2.45, 2.75) is 52.5 Å². The van der Waals surface area contributed by atoms with Crippen LogP contribution in [0, 0.1) is 19.8 Å². The molecule has 0 radical (unpaired) electrons. The summed E-state index contributed by atoms with van der Waals surface area (Å²) in [5.41, 5.74) is 3.31. The van der Waals surface area contributed by atoms with Crippen LogP contribution in [0.25, 0.3) is 0 Å². The quantitative estimate of drug-likeness (QED) is 0.883. The third kappa shape index (κ3) is 4.42. The smallest absolute Gasteiger partial charge is 0.222 e. The van der Waals surface area contributed by atoms with Crippen LogP contribution < -0.4 is 0 Å². The molecule has 1 aromatic rings. The Kier molecular flexibility index (Phi) is 6.12. The van der Waals surface area contributed by atoms with Crippen LogP contribution in [0.5, 0.6) is 0 Å². The van der Waals surface area contributed by atoms with Gasteiger partial charge in [0.15, 0.2) is 0 Å². The van der Waals surface area contributed by atoms with Gasteiger partial charge in [-0.05, 0) is 45.1 Å². The van der Waals surface area contributed by atoms with E-state index >= 15 is 0 Å². The molecule has 6 nitrogen and oxygen atoms in total. The normalized spacial score (nSPS) is 21.5. The highest BCUT2D eigenvalue weighted by Gasteiger charge is 2.29. The number of carbonyl (C=O) groups is 1. The van der Waals surface area contributed by atoms with E-state index in [1.54, 1.807) is 0 Å². The number of morpholine rings is 1. The lowest BCUT2D eigenvalue weighted by Crippen LogP contribution is -2.49. The van der Waals surface area contributed by atoms with E-state index in [-0.39, 0.29) is 5.91 Å². The van der Waals surface area contributed by atoms with Crippen molar-refractivity contribution in [3.8, 4) is 0 Å². The fourth-order valence-electron chi connectivity index (χ4n) is 4.08. The molecule has 2 fully saturated rings. The molecule has 6 heteroatoms. The van der Waals surface area contributed by atoms with Gasteiger partial charge in [-0.1, -0.05) is 0 Å². The van der Waals surface area contributed by atoms with E-state index in [0.29, 0.717) is 18.4 Å². The second-order valence-corrected chi connectivity index (χ2v) is 7.53. The number of piperidine rings is 1. The molecule has 2 saturated heterocycles. The summed E-state index contributed by atoms with van der Waals surface area (Å²) < 4.78 is 5.46. The maximum Gasteiger partial charge on any atom is 0.222 e. The number of aryl methyl sites for hydroxylation is 2. The van der Waals surface area contributed by atoms with Crippen LogP contribution in [0.2, 0.25) is 0 Å². The van der Waals surface area contributed by atoms with Gasteiger partial charge in [0.05, 0.1) is 18.9 Å². The van der Waals surface area contributed by atoms with E-state index in [9.17, 15) is 4.79 Å². The Labute approximate surface area is 150 Å². The molecule has 3 rings (SSSR count). The number of ether oxygens (including phenoxy) is 1. The fourth-order valence-corrected chi connectivity index (χ4v) is 4.08. The number of hydrogen-bond acceptors (Lipinski definition) is 4. The molecule has 2 aliphatic heterocycles.